The molecule has 0 aliphatic carbocycles. The maximum Gasteiger partial charge on any atom is 0.143 e. The Bertz CT molecular complexity index is 1160. The molecule has 0 bridgehead atoms. The lowest BCUT2D eigenvalue weighted by Crippen LogP contribution is -2.35. The van der Waals surface area contributed by atoms with Gasteiger partial charge in [-0.25, -0.2) is 4.39 Å². The first kappa shape index (κ1) is 21.5. The molecule has 3 aromatic rings. The van der Waals surface area contributed by atoms with Crippen molar-refractivity contribution in [3.05, 3.63) is 83.7 Å². The van der Waals surface area contributed by atoms with Gasteiger partial charge in [0.1, 0.15) is 18.2 Å². The van der Waals surface area contributed by atoms with Crippen LogP contribution in [0, 0.1) is 5.82 Å². The van der Waals surface area contributed by atoms with E-state index >= 15 is 0 Å². The quantitative estimate of drug-likeness (QED) is 0.484. The Morgan fingerprint density at radius 2 is 1.76 bits per heavy atom. The van der Waals surface area contributed by atoms with Gasteiger partial charge in [-0.2, -0.15) is 0 Å². The van der Waals surface area contributed by atoms with E-state index in [1.165, 1.54) is 37.2 Å². The Kier molecular flexibility index (Phi) is 5.88. The lowest BCUT2D eigenvalue weighted by Gasteiger charge is -2.32. The average molecular weight is 458 g/mol. The SMILES string of the molecule is Fc1ccc2c(c1)COc1ccccc1N2C1CCN(CCc2cccc(N3CCCC3)c2)C1. The minimum Gasteiger partial charge on any atom is -0.487 e. The van der Waals surface area contributed by atoms with E-state index in [4.69, 9.17) is 4.74 Å². The summed E-state index contributed by atoms with van der Waals surface area (Å²) in [7, 11) is 0. The highest BCUT2D eigenvalue weighted by Gasteiger charge is 2.33. The van der Waals surface area contributed by atoms with Crippen molar-refractivity contribution < 1.29 is 9.13 Å². The Hall–Kier alpha value is -3.05. The monoisotopic (exact) mass is 457 g/mol. The molecule has 2 fully saturated rings. The Balaban J connectivity index is 1.18. The second kappa shape index (κ2) is 9.30. The zero-order valence-corrected chi connectivity index (χ0v) is 19.6. The first-order valence-corrected chi connectivity index (χ1v) is 12.6. The molecule has 176 valence electrons. The molecule has 5 heteroatoms. The number of rotatable bonds is 5. The highest BCUT2D eigenvalue weighted by Crippen LogP contribution is 2.42. The average Bonchev–Trinajstić information content (AvgIpc) is 3.54. The van der Waals surface area contributed by atoms with Crippen LogP contribution in [0.4, 0.5) is 21.5 Å². The molecule has 1 unspecified atom stereocenters. The molecule has 4 nitrogen and oxygen atoms in total. The van der Waals surface area contributed by atoms with Gasteiger partial charge in [-0.1, -0.05) is 24.3 Å². The number of anilines is 3. The molecule has 1 atom stereocenters. The lowest BCUT2D eigenvalue weighted by molar-refractivity contribution is 0.310. The minimum atomic E-state index is -0.211. The number of halogens is 1. The maximum absolute atomic E-state index is 14.0. The summed E-state index contributed by atoms with van der Waals surface area (Å²) in [4.78, 5) is 7.48. The molecular weight excluding hydrogens is 425 g/mol. The van der Waals surface area contributed by atoms with Crippen molar-refractivity contribution in [3.63, 3.8) is 0 Å². The van der Waals surface area contributed by atoms with E-state index in [1.54, 1.807) is 12.1 Å². The van der Waals surface area contributed by atoms with Crippen molar-refractivity contribution in [2.45, 2.75) is 38.3 Å². The second-order valence-corrected chi connectivity index (χ2v) is 9.76. The Morgan fingerprint density at radius 1 is 0.882 bits per heavy atom. The Labute approximate surface area is 201 Å². The molecule has 0 saturated carbocycles. The molecule has 3 heterocycles. The van der Waals surface area contributed by atoms with Crippen LogP contribution in [-0.4, -0.2) is 43.7 Å². The van der Waals surface area contributed by atoms with Gasteiger partial charge in [-0.15, -0.1) is 0 Å². The van der Waals surface area contributed by atoms with E-state index in [2.05, 4.69) is 51.1 Å². The topological polar surface area (TPSA) is 19.0 Å². The smallest absolute Gasteiger partial charge is 0.143 e. The predicted molar refractivity (Wildman–Crippen MR) is 136 cm³/mol. The summed E-state index contributed by atoms with van der Waals surface area (Å²) in [6.45, 7) is 5.89. The summed E-state index contributed by atoms with van der Waals surface area (Å²) in [5.74, 6) is 0.661. The van der Waals surface area contributed by atoms with Crippen LogP contribution in [0.5, 0.6) is 5.75 Å². The number of ether oxygens (including phenoxy) is 1. The van der Waals surface area contributed by atoms with E-state index in [1.807, 2.05) is 18.2 Å². The van der Waals surface area contributed by atoms with Crippen LogP contribution in [-0.2, 0) is 13.0 Å². The van der Waals surface area contributed by atoms with Gasteiger partial charge in [0.2, 0.25) is 0 Å². The predicted octanol–water partition coefficient (Wildman–Crippen LogP) is 5.77. The normalized spacial score (nSPS) is 20.1. The zero-order valence-electron chi connectivity index (χ0n) is 19.6. The van der Waals surface area contributed by atoms with Gasteiger partial charge < -0.3 is 19.4 Å². The summed E-state index contributed by atoms with van der Waals surface area (Å²) < 4.78 is 20.1. The van der Waals surface area contributed by atoms with Crippen LogP contribution in [0.15, 0.2) is 66.7 Å². The minimum absolute atomic E-state index is 0.211. The van der Waals surface area contributed by atoms with E-state index < -0.39 is 0 Å². The third-order valence-electron chi connectivity index (χ3n) is 7.52. The van der Waals surface area contributed by atoms with Crippen LogP contribution in [0.2, 0.25) is 0 Å². The number of benzene rings is 3. The van der Waals surface area contributed by atoms with Crippen molar-refractivity contribution in [2.75, 3.05) is 42.5 Å². The first-order valence-electron chi connectivity index (χ1n) is 12.6. The fourth-order valence-corrected chi connectivity index (χ4v) is 5.76. The van der Waals surface area contributed by atoms with Crippen LogP contribution in [0.1, 0.15) is 30.4 Å². The molecule has 0 spiro atoms. The number of nitrogens with zero attached hydrogens (tertiary/aromatic N) is 3. The second-order valence-electron chi connectivity index (χ2n) is 9.76. The van der Waals surface area contributed by atoms with E-state index in [-0.39, 0.29) is 5.82 Å². The first-order chi connectivity index (χ1) is 16.7. The van der Waals surface area contributed by atoms with Gasteiger partial charge in [-0.3, -0.25) is 0 Å². The van der Waals surface area contributed by atoms with Crippen LogP contribution in [0.3, 0.4) is 0 Å². The van der Waals surface area contributed by atoms with Gasteiger partial charge in [0.15, 0.2) is 0 Å². The zero-order chi connectivity index (χ0) is 22.9. The summed E-state index contributed by atoms with van der Waals surface area (Å²) in [6, 6.07) is 22.8. The molecule has 2 saturated heterocycles. The van der Waals surface area contributed by atoms with Gasteiger partial charge >= 0.3 is 0 Å². The Morgan fingerprint density at radius 3 is 2.68 bits per heavy atom. The highest BCUT2D eigenvalue weighted by molar-refractivity contribution is 5.73. The maximum atomic E-state index is 14.0. The van der Waals surface area contributed by atoms with Gasteiger partial charge in [0.25, 0.3) is 0 Å². The van der Waals surface area contributed by atoms with Crippen LogP contribution < -0.4 is 14.5 Å². The summed E-state index contributed by atoms with van der Waals surface area (Å²) in [6.07, 6.45) is 4.76. The standard InChI is InChI=1S/C29H32FN3O/c30-24-10-11-27-23(19-24)21-34-29-9-2-1-8-28(29)33(27)26-13-17-31(20-26)16-12-22-6-5-7-25(18-22)32-14-3-4-15-32/h1-2,5-11,18-19,26H,3-4,12-17,20-21H2. The number of likely N-dealkylation sites (tertiary alicyclic amines) is 1. The molecule has 0 N–H and O–H groups in total. The number of para-hydroxylation sites is 2. The van der Waals surface area contributed by atoms with Crippen LogP contribution >= 0.6 is 0 Å². The van der Waals surface area contributed by atoms with Gasteiger partial charge in [0.05, 0.1) is 5.69 Å². The van der Waals surface area contributed by atoms with Crippen molar-refractivity contribution >= 4 is 17.1 Å². The molecular formula is C29H32FN3O. The molecule has 34 heavy (non-hydrogen) atoms. The van der Waals surface area contributed by atoms with E-state index in [0.717, 1.165) is 55.2 Å². The molecule has 3 aromatic carbocycles. The van der Waals surface area contributed by atoms with Crippen molar-refractivity contribution in [1.29, 1.82) is 0 Å². The molecule has 0 aromatic heterocycles. The largest absolute Gasteiger partial charge is 0.487 e. The van der Waals surface area contributed by atoms with Crippen molar-refractivity contribution in [3.8, 4) is 5.75 Å². The lowest BCUT2D eigenvalue weighted by atomic mass is 10.1. The summed E-state index contributed by atoms with van der Waals surface area (Å²) in [5, 5.41) is 0. The van der Waals surface area contributed by atoms with E-state index in [0.29, 0.717) is 12.6 Å². The van der Waals surface area contributed by atoms with E-state index in [9.17, 15) is 4.39 Å². The van der Waals surface area contributed by atoms with Gasteiger partial charge in [-0.05, 0) is 73.7 Å². The fourth-order valence-electron chi connectivity index (χ4n) is 5.76. The summed E-state index contributed by atoms with van der Waals surface area (Å²) in [5.41, 5.74) is 5.85. The highest BCUT2D eigenvalue weighted by atomic mass is 19.1. The third kappa shape index (κ3) is 4.25. The van der Waals surface area contributed by atoms with Crippen molar-refractivity contribution in [1.82, 2.24) is 4.90 Å². The molecule has 0 radical (unpaired) electrons. The summed E-state index contributed by atoms with van der Waals surface area (Å²) >= 11 is 0. The number of hydrogen-bond donors (Lipinski definition) is 0. The number of fused-ring (bicyclic) bond motifs is 2. The van der Waals surface area contributed by atoms with Gasteiger partial charge in [0, 0.05) is 55.7 Å². The molecule has 3 aliphatic rings. The molecule has 6 rings (SSSR count). The fraction of sp³-hybridized carbons (Fsp3) is 0.379. The van der Waals surface area contributed by atoms with Crippen molar-refractivity contribution in [2.24, 2.45) is 0 Å². The van der Waals surface area contributed by atoms with Crippen LogP contribution in [0.25, 0.3) is 0 Å². The third-order valence-corrected chi connectivity index (χ3v) is 7.52. The number of hydrogen-bond acceptors (Lipinski definition) is 4. The molecule has 3 aliphatic heterocycles. The molecule has 0 amide bonds.